The molecule has 3 N–H and O–H groups in total. The summed E-state index contributed by atoms with van der Waals surface area (Å²) in [6, 6.07) is 1.27. The molecular weight excluding hydrogens is 430 g/mol. The summed E-state index contributed by atoms with van der Waals surface area (Å²) in [6.07, 6.45) is 6.81. The van der Waals surface area contributed by atoms with Crippen molar-refractivity contribution in [2.75, 3.05) is 11.9 Å². The Morgan fingerprint density at radius 3 is 2.85 bits per heavy atom. The minimum atomic E-state index is -0.565. The van der Waals surface area contributed by atoms with Gasteiger partial charge in [0.2, 0.25) is 5.91 Å². The number of aryl methyl sites for hydroxylation is 1. The second kappa shape index (κ2) is 11.5. The van der Waals surface area contributed by atoms with Crippen LogP contribution in [-0.2, 0) is 22.4 Å². The van der Waals surface area contributed by atoms with Crippen molar-refractivity contribution >= 4 is 17.5 Å². The number of anilines is 1. The molecule has 0 fully saturated rings. The molecule has 2 aromatic rings. The third kappa shape index (κ3) is 6.45. The van der Waals surface area contributed by atoms with E-state index in [1.165, 1.54) is 12.4 Å². The number of nitrogens with zero attached hydrogens (tertiary/aromatic N) is 2. The molecule has 7 nitrogen and oxygen atoms in total. The van der Waals surface area contributed by atoms with Crippen LogP contribution in [0.5, 0.6) is 0 Å². The Labute approximate surface area is 192 Å². The Kier molecular flexibility index (Phi) is 8.68. The van der Waals surface area contributed by atoms with Crippen molar-refractivity contribution in [1.29, 1.82) is 0 Å². The maximum Gasteiger partial charge on any atom is 0.242 e. The number of hydrogen-bond acceptors (Lipinski definition) is 5. The molecule has 0 bridgehead atoms. The number of carbonyl (C=O) groups is 2. The fraction of sp³-hybridized carbons (Fsp3) is 0.542. The largest absolute Gasteiger partial charge is 0.396 e. The zero-order chi connectivity index (χ0) is 24.0. The van der Waals surface area contributed by atoms with Gasteiger partial charge >= 0.3 is 0 Å². The van der Waals surface area contributed by atoms with Gasteiger partial charge in [-0.25, -0.2) is 13.8 Å². The number of rotatable bonds is 11. The van der Waals surface area contributed by atoms with E-state index in [1.54, 1.807) is 17.7 Å². The molecule has 1 heterocycles. The monoisotopic (exact) mass is 462 g/mol. The van der Waals surface area contributed by atoms with Crippen LogP contribution in [0.3, 0.4) is 0 Å². The van der Waals surface area contributed by atoms with Crippen LogP contribution in [-0.4, -0.2) is 45.0 Å². The van der Waals surface area contributed by atoms with Gasteiger partial charge in [0.05, 0.1) is 18.4 Å². The van der Waals surface area contributed by atoms with Gasteiger partial charge in [-0.1, -0.05) is 13.3 Å². The molecule has 1 aromatic carbocycles. The number of aliphatic hydroxyl groups excluding tert-OH is 1. The van der Waals surface area contributed by atoms with E-state index in [2.05, 4.69) is 15.6 Å². The Balaban J connectivity index is 1.62. The third-order valence-electron chi connectivity index (χ3n) is 6.14. The fourth-order valence-electron chi connectivity index (χ4n) is 4.25. The number of amides is 1. The second-order valence-corrected chi connectivity index (χ2v) is 8.64. The van der Waals surface area contributed by atoms with Crippen LogP contribution in [0.1, 0.15) is 63.1 Å². The lowest BCUT2D eigenvalue weighted by molar-refractivity contribution is -0.122. The number of aliphatic hydroxyl groups is 1. The smallest absolute Gasteiger partial charge is 0.242 e. The molecule has 0 radical (unpaired) electrons. The van der Waals surface area contributed by atoms with Crippen molar-refractivity contribution in [3.63, 3.8) is 0 Å². The first-order chi connectivity index (χ1) is 15.8. The molecule has 33 heavy (non-hydrogen) atoms. The van der Waals surface area contributed by atoms with Crippen LogP contribution in [0.4, 0.5) is 14.6 Å². The summed E-state index contributed by atoms with van der Waals surface area (Å²) >= 11 is 0. The molecule has 1 unspecified atom stereocenters. The molecule has 0 saturated heterocycles. The first-order valence-corrected chi connectivity index (χ1v) is 11.5. The number of nitrogens with one attached hydrogen (secondary N) is 2. The molecular formula is C24H32F2N4O3. The summed E-state index contributed by atoms with van der Waals surface area (Å²) in [5.74, 6) is -1.02. The number of fused-ring (bicyclic) bond motifs is 1. The highest BCUT2D eigenvalue weighted by molar-refractivity contribution is 5.94. The quantitative estimate of drug-likeness (QED) is 0.476. The lowest BCUT2D eigenvalue weighted by Gasteiger charge is -2.29. The van der Waals surface area contributed by atoms with Gasteiger partial charge in [-0.3, -0.25) is 9.59 Å². The molecule has 0 aliphatic heterocycles. The van der Waals surface area contributed by atoms with Crippen LogP contribution < -0.4 is 10.6 Å². The number of hydrogen-bond donors (Lipinski definition) is 3. The standard InChI is InChI=1S/C24H32F2N4O3/c1-3-5-21(28-18-8-7-16-10-17(25)11-20(26)19(16)12-18)24(33)29-23-13-30(14-27-23)15(2)22(32)6-4-9-31/h10-11,13-15,18,21,28,31H,3-9,12H2,1-2H3,(H,29,33)/t15?,18-,21-/m0/s1. The van der Waals surface area contributed by atoms with Crippen molar-refractivity contribution in [3.8, 4) is 0 Å². The lowest BCUT2D eigenvalue weighted by atomic mass is 9.87. The molecule has 180 valence electrons. The van der Waals surface area contributed by atoms with Gasteiger partial charge in [0.1, 0.15) is 11.6 Å². The Morgan fingerprint density at radius 2 is 2.12 bits per heavy atom. The fourth-order valence-corrected chi connectivity index (χ4v) is 4.25. The van der Waals surface area contributed by atoms with E-state index in [-0.39, 0.29) is 30.8 Å². The van der Waals surface area contributed by atoms with Crippen molar-refractivity contribution in [2.24, 2.45) is 0 Å². The summed E-state index contributed by atoms with van der Waals surface area (Å²) < 4.78 is 29.4. The molecule has 3 atom stereocenters. The highest BCUT2D eigenvalue weighted by Gasteiger charge is 2.27. The number of aromatic nitrogens is 2. The van der Waals surface area contributed by atoms with E-state index >= 15 is 0 Å². The normalized spacial score (nSPS) is 17.3. The van der Waals surface area contributed by atoms with Crippen LogP contribution >= 0.6 is 0 Å². The van der Waals surface area contributed by atoms with E-state index in [0.29, 0.717) is 49.0 Å². The van der Waals surface area contributed by atoms with Gasteiger partial charge in [0, 0.05) is 31.3 Å². The summed E-state index contributed by atoms with van der Waals surface area (Å²) in [4.78, 5) is 29.3. The van der Waals surface area contributed by atoms with Gasteiger partial charge in [-0.05, 0) is 56.2 Å². The minimum Gasteiger partial charge on any atom is -0.396 e. The number of carbonyl (C=O) groups excluding carboxylic acids is 2. The van der Waals surface area contributed by atoms with Gasteiger partial charge < -0.3 is 20.3 Å². The molecule has 1 aliphatic rings. The first kappa shape index (κ1) is 25.0. The number of imidazole rings is 1. The Bertz CT molecular complexity index is 979. The van der Waals surface area contributed by atoms with E-state index < -0.39 is 23.7 Å². The molecule has 1 aromatic heterocycles. The SMILES string of the molecule is CCC[C@H](N[C@H]1CCc2cc(F)cc(F)c2C1)C(=O)Nc1cn(C(C)C(=O)CCCO)cn1. The predicted molar refractivity (Wildman–Crippen MR) is 121 cm³/mol. The lowest BCUT2D eigenvalue weighted by Crippen LogP contribution is -2.48. The summed E-state index contributed by atoms with van der Waals surface area (Å²) in [5, 5.41) is 15.0. The zero-order valence-corrected chi connectivity index (χ0v) is 19.1. The first-order valence-electron chi connectivity index (χ1n) is 11.5. The molecule has 3 rings (SSSR count). The van der Waals surface area contributed by atoms with E-state index in [4.69, 9.17) is 5.11 Å². The third-order valence-corrected chi connectivity index (χ3v) is 6.14. The second-order valence-electron chi connectivity index (χ2n) is 8.64. The maximum atomic E-state index is 14.2. The number of Topliss-reactive ketones (excluding diaryl/α,β-unsaturated/α-hetero) is 1. The zero-order valence-electron chi connectivity index (χ0n) is 19.1. The predicted octanol–water partition coefficient (Wildman–Crippen LogP) is 3.32. The van der Waals surface area contributed by atoms with Crippen LogP contribution in [0, 0.1) is 11.6 Å². The van der Waals surface area contributed by atoms with E-state index in [1.807, 2.05) is 6.92 Å². The van der Waals surface area contributed by atoms with Crippen molar-refractivity contribution < 1.29 is 23.5 Å². The Hall–Kier alpha value is -2.65. The number of ketones is 1. The number of benzene rings is 1. The van der Waals surface area contributed by atoms with E-state index in [0.717, 1.165) is 12.5 Å². The van der Waals surface area contributed by atoms with Crippen molar-refractivity contribution in [3.05, 3.63) is 47.4 Å². The highest BCUT2D eigenvalue weighted by atomic mass is 19.1. The highest BCUT2D eigenvalue weighted by Crippen LogP contribution is 2.26. The molecule has 0 saturated carbocycles. The van der Waals surface area contributed by atoms with E-state index in [9.17, 15) is 18.4 Å². The van der Waals surface area contributed by atoms with Gasteiger partial charge in [0.15, 0.2) is 11.6 Å². The summed E-state index contributed by atoms with van der Waals surface area (Å²) in [6.45, 7) is 3.70. The topological polar surface area (TPSA) is 96.2 Å². The van der Waals surface area contributed by atoms with Crippen molar-refractivity contribution in [1.82, 2.24) is 14.9 Å². The summed E-state index contributed by atoms with van der Waals surface area (Å²) in [5.41, 5.74) is 1.20. The molecule has 0 spiro atoms. The van der Waals surface area contributed by atoms with Crippen LogP contribution in [0.2, 0.25) is 0 Å². The van der Waals surface area contributed by atoms with Crippen molar-refractivity contribution in [2.45, 2.75) is 76.9 Å². The summed E-state index contributed by atoms with van der Waals surface area (Å²) in [7, 11) is 0. The maximum absolute atomic E-state index is 14.2. The average Bonchev–Trinajstić information content (AvgIpc) is 3.25. The molecule has 1 aliphatic carbocycles. The number of halogens is 2. The molecule has 9 heteroatoms. The average molecular weight is 463 g/mol. The Morgan fingerprint density at radius 1 is 1.33 bits per heavy atom. The van der Waals surface area contributed by atoms with Gasteiger partial charge in [-0.2, -0.15) is 0 Å². The molecule has 1 amide bonds. The van der Waals surface area contributed by atoms with Crippen LogP contribution in [0.15, 0.2) is 24.7 Å². The van der Waals surface area contributed by atoms with Gasteiger partial charge in [0.25, 0.3) is 0 Å². The minimum absolute atomic E-state index is 0.0189. The van der Waals surface area contributed by atoms with Crippen LogP contribution in [0.25, 0.3) is 0 Å². The van der Waals surface area contributed by atoms with Gasteiger partial charge in [-0.15, -0.1) is 0 Å².